The van der Waals surface area contributed by atoms with Gasteiger partial charge in [-0.25, -0.2) is 4.98 Å². The van der Waals surface area contributed by atoms with Gasteiger partial charge in [0.1, 0.15) is 5.76 Å². The molecule has 2 aromatic rings. The lowest BCUT2D eigenvalue weighted by molar-refractivity contribution is 0.0339. The Morgan fingerprint density at radius 3 is 2.68 bits per heavy atom. The maximum Gasteiger partial charge on any atom is 0.208 e. The molecule has 0 aliphatic carbocycles. The third kappa shape index (κ3) is 4.64. The number of hydrogen-bond acceptors (Lipinski definition) is 6. The Labute approximate surface area is 167 Å². The highest BCUT2D eigenvalue weighted by molar-refractivity contribution is 5.21. The number of piperidine rings is 1. The van der Waals surface area contributed by atoms with Crippen molar-refractivity contribution in [2.45, 2.75) is 58.0 Å². The largest absolute Gasteiger partial charge is 0.444 e. The van der Waals surface area contributed by atoms with Gasteiger partial charge in [-0.1, -0.05) is 20.8 Å². The fourth-order valence-corrected chi connectivity index (χ4v) is 4.16. The van der Waals surface area contributed by atoms with Crippen molar-refractivity contribution >= 4 is 0 Å². The first-order valence-corrected chi connectivity index (χ1v) is 10.5. The van der Waals surface area contributed by atoms with Crippen LogP contribution in [0.3, 0.4) is 0 Å². The van der Waals surface area contributed by atoms with Crippen molar-refractivity contribution < 1.29 is 9.15 Å². The van der Waals surface area contributed by atoms with E-state index in [9.17, 15) is 0 Å². The normalized spacial score (nSPS) is 22.6. The van der Waals surface area contributed by atoms with E-state index in [1.165, 1.54) is 24.1 Å². The molecule has 1 unspecified atom stereocenters. The Morgan fingerprint density at radius 1 is 1.11 bits per heavy atom. The predicted octanol–water partition coefficient (Wildman–Crippen LogP) is 2.91. The number of hydrogen-bond donors (Lipinski definition) is 1. The number of morpholine rings is 1. The number of nitrogens with one attached hydrogen (secondary N) is 1. The molecule has 2 fully saturated rings. The van der Waals surface area contributed by atoms with Gasteiger partial charge in [-0.2, -0.15) is 5.10 Å². The Kier molecular flexibility index (Phi) is 5.85. The molecular formula is C21H33N5O2. The molecule has 2 saturated heterocycles. The van der Waals surface area contributed by atoms with Crippen LogP contribution in [0.15, 0.2) is 16.8 Å². The lowest BCUT2D eigenvalue weighted by Crippen LogP contribution is -2.37. The Hall–Kier alpha value is -1.70. The molecule has 7 heteroatoms. The van der Waals surface area contributed by atoms with E-state index in [4.69, 9.17) is 9.15 Å². The van der Waals surface area contributed by atoms with Crippen LogP contribution in [0.25, 0.3) is 0 Å². The summed E-state index contributed by atoms with van der Waals surface area (Å²) in [7, 11) is 0. The van der Waals surface area contributed by atoms with Gasteiger partial charge in [-0.3, -0.25) is 14.9 Å². The SMILES string of the molecule is CC(C)(C)c1cnc(CN2CCCC(c3[nH]ncc3CN3CCOCC3)C2)o1. The molecule has 0 amide bonds. The molecule has 0 radical (unpaired) electrons. The zero-order valence-corrected chi connectivity index (χ0v) is 17.4. The van der Waals surface area contributed by atoms with E-state index in [2.05, 4.69) is 45.8 Å². The molecule has 0 spiro atoms. The second kappa shape index (κ2) is 8.35. The van der Waals surface area contributed by atoms with Crippen LogP contribution in [0.2, 0.25) is 0 Å². The van der Waals surface area contributed by atoms with Gasteiger partial charge in [-0.15, -0.1) is 0 Å². The molecule has 0 saturated carbocycles. The average Bonchev–Trinajstić information content (AvgIpc) is 3.32. The van der Waals surface area contributed by atoms with Crippen LogP contribution in [0.1, 0.15) is 62.4 Å². The number of aromatic nitrogens is 3. The van der Waals surface area contributed by atoms with Gasteiger partial charge >= 0.3 is 0 Å². The predicted molar refractivity (Wildman–Crippen MR) is 107 cm³/mol. The van der Waals surface area contributed by atoms with Crippen molar-refractivity contribution in [3.05, 3.63) is 35.3 Å². The topological polar surface area (TPSA) is 70.4 Å². The van der Waals surface area contributed by atoms with E-state index in [1.54, 1.807) is 0 Å². The van der Waals surface area contributed by atoms with Gasteiger partial charge in [0.2, 0.25) is 5.89 Å². The number of H-pyrrole nitrogens is 1. The summed E-state index contributed by atoms with van der Waals surface area (Å²) < 4.78 is 11.5. The van der Waals surface area contributed by atoms with Gasteiger partial charge in [0.25, 0.3) is 0 Å². The molecule has 2 aliphatic heterocycles. The number of aromatic amines is 1. The molecular weight excluding hydrogens is 354 g/mol. The summed E-state index contributed by atoms with van der Waals surface area (Å²) in [5.74, 6) is 2.27. The van der Waals surface area contributed by atoms with E-state index in [0.29, 0.717) is 5.92 Å². The minimum atomic E-state index is -0.00000474. The molecule has 0 aromatic carbocycles. The monoisotopic (exact) mass is 387 g/mol. The fraction of sp³-hybridized carbons (Fsp3) is 0.714. The van der Waals surface area contributed by atoms with Crippen LogP contribution in [0, 0.1) is 0 Å². The van der Waals surface area contributed by atoms with E-state index >= 15 is 0 Å². The zero-order chi connectivity index (χ0) is 19.6. The maximum absolute atomic E-state index is 6.01. The third-order valence-corrected chi connectivity index (χ3v) is 5.81. The Bertz CT molecular complexity index is 757. The first kappa shape index (κ1) is 19.6. The minimum Gasteiger partial charge on any atom is -0.444 e. The number of rotatable bonds is 5. The highest BCUT2D eigenvalue weighted by Gasteiger charge is 2.27. The zero-order valence-electron chi connectivity index (χ0n) is 17.4. The van der Waals surface area contributed by atoms with Crippen molar-refractivity contribution in [1.29, 1.82) is 0 Å². The van der Waals surface area contributed by atoms with Crippen molar-refractivity contribution in [1.82, 2.24) is 25.0 Å². The molecule has 2 aromatic heterocycles. The van der Waals surface area contributed by atoms with Crippen LogP contribution in [-0.2, 0) is 23.2 Å². The number of likely N-dealkylation sites (tertiary alicyclic amines) is 1. The van der Waals surface area contributed by atoms with Crippen molar-refractivity contribution in [2.24, 2.45) is 0 Å². The maximum atomic E-state index is 6.01. The Morgan fingerprint density at radius 2 is 1.93 bits per heavy atom. The van der Waals surface area contributed by atoms with Gasteiger partial charge in [0.05, 0.1) is 32.2 Å². The summed E-state index contributed by atoms with van der Waals surface area (Å²) in [6.45, 7) is 14.0. The first-order chi connectivity index (χ1) is 13.5. The van der Waals surface area contributed by atoms with Crippen LogP contribution >= 0.6 is 0 Å². The van der Waals surface area contributed by atoms with E-state index in [0.717, 1.165) is 64.1 Å². The molecule has 0 bridgehead atoms. The lowest BCUT2D eigenvalue weighted by Gasteiger charge is -2.32. The lowest BCUT2D eigenvalue weighted by atomic mass is 9.92. The second-order valence-electron chi connectivity index (χ2n) is 9.14. The third-order valence-electron chi connectivity index (χ3n) is 5.81. The molecule has 28 heavy (non-hydrogen) atoms. The van der Waals surface area contributed by atoms with Gasteiger partial charge in [0, 0.05) is 48.8 Å². The van der Waals surface area contributed by atoms with E-state index in [-0.39, 0.29) is 5.41 Å². The van der Waals surface area contributed by atoms with Crippen LogP contribution in [0.4, 0.5) is 0 Å². The van der Waals surface area contributed by atoms with Crippen LogP contribution in [-0.4, -0.2) is 64.4 Å². The van der Waals surface area contributed by atoms with E-state index in [1.807, 2.05) is 12.4 Å². The summed E-state index contributed by atoms with van der Waals surface area (Å²) >= 11 is 0. The standard InChI is InChI=1S/C21H33N5O2/c1-21(2,3)18-12-22-19(28-18)15-26-6-4-5-16(13-26)20-17(11-23-24-20)14-25-7-9-27-10-8-25/h11-12,16H,4-10,13-15H2,1-3H3,(H,23,24). The number of ether oxygens (including phenoxy) is 1. The van der Waals surface area contributed by atoms with E-state index < -0.39 is 0 Å². The molecule has 4 heterocycles. The highest BCUT2D eigenvalue weighted by atomic mass is 16.5. The number of nitrogens with zero attached hydrogens (tertiary/aromatic N) is 4. The van der Waals surface area contributed by atoms with Crippen molar-refractivity contribution in [3.8, 4) is 0 Å². The average molecular weight is 388 g/mol. The first-order valence-electron chi connectivity index (χ1n) is 10.5. The highest BCUT2D eigenvalue weighted by Crippen LogP contribution is 2.30. The van der Waals surface area contributed by atoms with Gasteiger partial charge in [-0.05, 0) is 19.4 Å². The summed E-state index contributed by atoms with van der Waals surface area (Å²) in [4.78, 5) is 9.43. The molecule has 1 N–H and O–H groups in total. The van der Waals surface area contributed by atoms with Gasteiger partial charge in [0.15, 0.2) is 0 Å². The summed E-state index contributed by atoms with van der Waals surface area (Å²) in [6, 6.07) is 0. The van der Waals surface area contributed by atoms with Crippen LogP contribution in [0.5, 0.6) is 0 Å². The molecule has 2 aliphatic rings. The number of oxazole rings is 1. The fourth-order valence-electron chi connectivity index (χ4n) is 4.16. The molecule has 154 valence electrons. The van der Waals surface area contributed by atoms with Crippen molar-refractivity contribution in [2.75, 3.05) is 39.4 Å². The molecule has 1 atom stereocenters. The van der Waals surface area contributed by atoms with Crippen LogP contribution < -0.4 is 0 Å². The molecule has 4 rings (SSSR count). The smallest absolute Gasteiger partial charge is 0.208 e. The summed E-state index contributed by atoms with van der Waals surface area (Å²) in [6.07, 6.45) is 6.28. The summed E-state index contributed by atoms with van der Waals surface area (Å²) in [5, 5.41) is 7.67. The van der Waals surface area contributed by atoms with Crippen molar-refractivity contribution in [3.63, 3.8) is 0 Å². The van der Waals surface area contributed by atoms with Gasteiger partial charge < -0.3 is 9.15 Å². The second-order valence-corrected chi connectivity index (χ2v) is 9.14. The Balaban J connectivity index is 1.39. The summed E-state index contributed by atoms with van der Waals surface area (Å²) in [5.41, 5.74) is 2.64. The minimum absolute atomic E-state index is 0.00000474. The quantitative estimate of drug-likeness (QED) is 0.851. The molecule has 7 nitrogen and oxygen atoms in total.